The van der Waals surface area contributed by atoms with Gasteiger partial charge in [0.2, 0.25) is 16.7 Å². The van der Waals surface area contributed by atoms with Gasteiger partial charge in [0, 0.05) is 23.3 Å². The Morgan fingerprint density at radius 2 is 1.82 bits per heavy atom. The molecule has 2 atom stereocenters. The number of ketones is 1. The van der Waals surface area contributed by atoms with Crippen LogP contribution in [0.4, 0.5) is 5.69 Å². The van der Waals surface area contributed by atoms with Gasteiger partial charge in [-0.1, -0.05) is 52.0 Å². The Hall–Kier alpha value is -3.50. The molecule has 0 N–H and O–H groups in total. The van der Waals surface area contributed by atoms with Crippen LogP contribution >= 0.6 is 24.0 Å². The molecule has 2 aromatic carbocycles. The first-order valence-corrected chi connectivity index (χ1v) is 13.9. The number of carbonyl (C=O) groups excluding carboxylic acids is 2. The van der Waals surface area contributed by atoms with Crippen LogP contribution in [0.3, 0.4) is 0 Å². The molecule has 1 amide bonds. The number of carbonyl (C=O) groups is 2. The summed E-state index contributed by atoms with van der Waals surface area (Å²) in [6.07, 6.45) is 2.38. The average molecular weight is 569 g/mol. The van der Waals surface area contributed by atoms with Gasteiger partial charge in [0.25, 0.3) is 5.69 Å². The number of thioether (sulfide) groups is 1. The summed E-state index contributed by atoms with van der Waals surface area (Å²) in [5.41, 5.74) is -0.165. The number of nitro benzene ring substituents is 1. The molecule has 10 heteroatoms. The van der Waals surface area contributed by atoms with E-state index < -0.39 is 10.3 Å². The van der Waals surface area contributed by atoms with Crippen LogP contribution in [0, 0.1) is 21.4 Å². The van der Waals surface area contributed by atoms with Gasteiger partial charge >= 0.3 is 0 Å². The molecule has 39 heavy (non-hydrogen) atoms. The molecule has 2 aromatic rings. The Morgan fingerprint density at radius 3 is 2.36 bits per heavy atom. The van der Waals surface area contributed by atoms with Crippen molar-refractivity contribution < 1.29 is 24.0 Å². The molecular formula is C29H32N2O6S2. The second-order valence-electron chi connectivity index (χ2n) is 9.91. The monoisotopic (exact) mass is 568 g/mol. The van der Waals surface area contributed by atoms with E-state index >= 15 is 0 Å². The molecule has 1 aliphatic rings. The van der Waals surface area contributed by atoms with E-state index in [9.17, 15) is 19.7 Å². The number of non-ortho nitro benzene ring substituents is 1. The first-order chi connectivity index (χ1) is 18.5. The molecule has 0 bridgehead atoms. The van der Waals surface area contributed by atoms with E-state index in [2.05, 4.69) is 6.58 Å². The number of hydrogen-bond acceptors (Lipinski definition) is 8. The Labute approximate surface area is 238 Å². The molecule has 1 saturated heterocycles. The fraction of sp³-hybridized carbons (Fsp3) is 0.345. The van der Waals surface area contributed by atoms with Crippen molar-refractivity contribution in [2.24, 2.45) is 11.3 Å². The van der Waals surface area contributed by atoms with Crippen molar-refractivity contribution in [3.05, 3.63) is 94.4 Å². The Kier molecular flexibility index (Phi) is 10.0. The standard InChI is InChI=1S/C29H32N2O6S2/c1-6-17-39-27-22(7-2)26(33)30(27)23(28(38)36-18-19-13-15-20(16-14-19)31(34)35)24(25(32)29(3,4)5)37-21-11-9-8-10-12-21/h6,8-16,22,27H,1,7,17-18H2,2-5H3. The highest BCUT2D eigenvalue weighted by molar-refractivity contribution is 8.00. The number of hydrogen-bond donors (Lipinski definition) is 0. The maximum atomic E-state index is 13.8. The van der Waals surface area contributed by atoms with Crippen LogP contribution in [0.5, 0.6) is 5.75 Å². The van der Waals surface area contributed by atoms with E-state index in [1.54, 1.807) is 63.2 Å². The molecule has 0 radical (unpaired) electrons. The van der Waals surface area contributed by atoms with Gasteiger partial charge in [0.05, 0.1) is 16.2 Å². The molecule has 0 spiro atoms. The largest absolute Gasteiger partial charge is 0.477 e. The zero-order valence-electron chi connectivity index (χ0n) is 22.4. The summed E-state index contributed by atoms with van der Waals surface area (Å²) in [5.74, 6) is 0.154. The predicted molar refractivity (Wildman–Crippen MR) is 156 cm³/mol. The molecule has 8 nitrogen and oxygen atoms in total. The second kappa shape index (κ2) is 13.0. The number of nitro groups is 1. The number of amides is 1. The maximum Gasteiger partial charge on any atom is 0.269 e. The zero-order chi connectivity index (χ0) is 28.7. The molecule has 0 saturated carbocycles. The van der Waals surface area contributed by atoms with Gasteiger partial charge in [0.1, 0.15) is 18.1 Å². The quantitative estimate of drug-likeness (QED) is 0.0547. The number of allylic oxidation sites excluding steroid dienone is 1. The van der Waals surface area contributed by atoms with Gasteiger partial charge in [-0.05, 0) is 48.5 Å². The van der Waals surface area contributed by atoms with Crippen LogP contribution in [0.25, 0.3) is 0 Å². The first kappa shape index (κ1) is 30.0. The van der Waals surface area contributed by atoms with Gasteiger partial charge in [-0.15, -0.1) is 18.3 Å². The van der Waals surface area contributed by atoms with Crippen molar-refractivity contribution in [3.63, 3.8) is 0 Å². The minimum atomic E-state index is -0.856. The summed E-state index contributed by atoms with van der Waals surface area (Å²) in [6, 6.07) is 14.7. The minimum Gasteiger partial charge on any atom is -0.477 e. The summed E-state index contributed by atoms with van der Waals surface area (Å²) in [7, 11) is 0. The molecule has 0 aliphatic carbocycles. The number of benzene rings is 2. The number of ether oxygens (including phenoxy) is 2. The molecular weight excluding hydrogens is 536 g/mol. The fourth-order valence-electron chi connectivity index (χ4n) is 3.88. The third-order valence-electron chi connectivity index (χ3n) is 5.99. The summed E-state index contributed by atoms with van der Waals surface area (Å²) in [5, 5.41) is 10.6. The number of β-lactam (4-membered cyclic amide) rings is 1. The van der Waals surface area contributed by atoms with Crippen molar-refractivity contribution in [1.29, 1.82) is 0 Å². The number of para-hydroxylation sites is 1. The van der Waals surface area contributed by atoms with Crippen molar-refractivity contribution in [1.82, 2.24) is 4.90 Å². The zero-order valence-corrected chi connectivity index (χ0v) is 24.1. The van der Waals surface area contributed by atoms with Gasteiger partial charge in [-0.3, -0.25) is 24.6 Å². The highest BCUT2D eigenvalue weighted by Gasteiger charge is 2.51. The van der Waals surface area contributed by atoms with Crippen LogP contribution in [0.15, 0.2) is 78.7 Å². The van der Waals surface area contributed by atoms with Crippen molar-refractivity contribution >= 4 is 46.4 Å². The molecule has 2 unspecified atom stereocenters. The third-order valence-corrected chi connectivity index (χ3v) is 7.62. The summed E-state index contributed by atoms with van der Waals surface area (Å²) >= 11 is 7.22. The second-order valence-corrected chi connectivity index (χ2v) is 11.4. The lowest BCUT2D eigenvalue weighted by atomic mass is 9.87. The van der Waals surface area contributed by atoms with Gasteiger partial charge in [-0.25, -0.2) is 0 Å². The minimum absolute atomic E-state index is 0.0215. The summed E-state index contributed by atoms with van der Waals surface area (Å²) in [6.45, 7) is 11.0. The van der Waals surface area contributed by atoms with E-state index in [4.69, 9.17) is 21.7 Å². The van der Waals surface area contributed by atoms with Gasteiger partial charge in [0.15, 0.2) is 5.76 Å². The van der Waals surface area contributed by atoms with E-state index in [1.807, 2.05) is 13.0 Å². The number of rotatable bonds is 12. The number of likely N-dealkylation sites (tertiary alicyclic amines) is 1. The number of nitrogens with zero attached hydrogens (tertiary/aromatic N) is 2. The highest BCUT2D eigenvalue weighted by Crippen LogP contribution is 2.42. The van der Waals surface area contributed by atoms with Crippen molar-refractivity contribution in [3.8, 4) is 5.75 Å². The Bertz CT molecular complexity index is 1270. The molecule has 1 aliphatic heterocycles. The van der Waals surface area contributed by atoms with E-state index in [0.29, 0.717) is 23.5 Å². The van der Waals surface area contributed by atoms with Crippen molar-refractivity contribution in [2.75, 3.05) is 5.75 Å². The molecule has 206 valence electrons. The Morgan fingerprint density at radius 1 is 1.18 bits per heavy atom. The number of Topliss-reactive ketones (excluding diaryl/α,β-unsaturated/α-hetero) is 1. The van der Waals surface area contributed by atoms with Crippen molar-refractivity contribution in [2.45, 2.75) is 46.1 Å². The number of thiocarbonyl (C=S) groups is 1. The third kappa shape index (κ3) is 7.13. The fourth-order valence-corrected chi connectivity index (χ4v) is 5.36. The van der Waals surface area contributed by atoms with Crippen LogP contribution in [-0.2, 0) is 20.9 Å². The lowest BCUT2D eigenvalue weighted by molar-refractivity contribution is -0.384. The topological polar surface area (TPSA) is 99.0 Å². The summed E-state index contributed by atoms with van der Waals surface area (Å²) in [4.78, 5) is 39.2. The van der Waals surface area contributed by atoms with Gasteiger partial charge in [-0.2, -0.15) is 0 Å². The average Bonchev–Trinajstić information content (AvgIpc) is 2.91. The molecule has 3 rings (SSSR count). The Balaban J connectivity index is 2.09. The van der Waals surface area contributed by atoms with E-state index in [0.717, 1.165) is 0 Å². The smallest absolute Gasteiger partial charge is 0.269 e. The van der Waals surface area contributed by atoms with E-state index in [-0.39, 0.29) is 51.8 Å². The van der Waals surface area contributed by atoms with Crippen LogP contribution in [0.2, 0.25) is 0 Å². The van der Waals surface area contributed by atoms with Crippen LogP contribution in [-0.4, -0.2) is 37.7 Å². The lowest BCUT2D eigenvalue weighted by Crippen LogP contribution is -2.60. The first-order valence-electron chi connectivity index (χ1n) is 12.5. The van der Waals surface area contributed by atoms with Crippen LogP contribution in [0.1, 0.15) is 39.7 Å². The molecule has 1 fully saturated rings. The predicted octanol–water partition coefficient (Wildman–Crippen LogP) is 6.46. The normalized spacial score (nSPS) is 17.5. The van der Waals surface area contributed by atoms with E-state index in [1.165, 1.54) is 28.8 Å². The molecule has 0 aromatic heterocycles. The summed E-state index contributed by atoms with van der Waals surface area (Å²) < 4.78 is 12.1. The van der Waals surface area contributed by atoms with Crippen LogP contribution < -0.4 is 4.74 Å². The highest BCUT2D eigenvalue weighted by atomic mass is 32.2. The molecule has 1 heterocycles. The SMILES string of the molecule is C=CCSC1C(CC)C(=O)N1C(C(=S)OCc1ccc([N+](=O)[O-])cc1)=C(Oc1ccccc1)C(=O)C(C)(C)C. The van der Waals surface area contributed by atoms with Gasteiger partial charge < -0.3 is 9.47 Å². The maximum absolute atomic E-state index is 13.8. The lowest BCUT2D eigenvalue weighted by Gasteiger charge is -2.47.